The van der Waals surface area contributed by atoms with Crippen molar-refractivity contribution in [3.05, 3.63) is 59.7 Å². The maximum Gasteiger partial charge on any atom is 0.175 e. The highest BCUT2D eigenvalue weighted by Gasteiger charge is 2.17. The van der Waals surface area contributed by atoms with Crippen LogP contribution in [0.5, 0.6) is 5.75 Å². The Morgan fingerprint density at radius 3 is 2.56 bits per heavy atom. The van der Waals surface area contributed by atoms with Crippen molar-refractivity contribution in [2.45, 2.75) is 13.8 Å². The number of nitrogens with one attached hydrogen (secondary N) is 1. The van der Waals surface area contributed by atoms with Gasteiger partial charge in [-0.15, -0.1) is 0 Å². The summed E-state index contributed by atoms with van der Waals surface area (Å²) in [7, 11) is 0. The van der Waals surface area contributed by atoms with Crippen LogP contribution in [-0.4, -0.2) is 21.6 Å². The third-order valence-electron chi connectivity index (χ3n) is 3.73. The summed E-state index contributed by atoms with van der Waals surface area (Å²) in [4.78, 5) is 12.9. The van der Waals surface area contributed by atoms with E-state index in [2.05, 4.69) is 26.3 Å². The molecule has 0 aliphatic heterocycles. The van der Waals surface area contributed by atoms with Crippen LogP contribution in [-0.2, 0) is 0 Å². The molecule has 0 saturated carbocycles. The van der Waals surface area contributed by atoms with Gasteiger partial charge in [0, 0.05) is 23.0 Å². The highest BCUT2D eigenvalue weighted by atomic mass is 16.5. The fraction of sp³-hybridized carbons (Fsp3) is 0.150. The minimum Gasteiger partial charge on any atom is -0.490 e. The minimum absolute atomic E-state index is 0.165. The topological polar surface area (TPSA) is 108 Å². The van der Waals surface area contributed by atoms with Crippen molar-refractivity contribution in [1.29, 1.82) is 10.5 Å². The van der Waals surface area contributed by atoms with Gasteiger partial charge < -0.3 is 10.1 Å². The van der Waals surface area contributed by atoms with E-state index in [1.807, 2.05) is 32.0 Å². The number of nitrogens with zero attached hydrogens (tertiary/aromatic N) is 5. The molecule has 0 saturated heterocycles. The van der Waals surface area contributed by atoms with Crippen LogP contribution in [0.2, 0.25) is 0 Å². The standard InChI is InChI=1S/C20H16N6O/c1-3-27-18-10-15(14-7-5-9-23-16(14)11-21)17(12-22)25-20(18)26-19-8-4-6-13(2)24-19/h4-10H,3H2,1-2H3,(H,24,25,26). The first-order valence-corrected chi connectivity index (χ1v) is 8.30. The molecule has 3 rings (SSSR count). The Bertz CT molecular complexity index is 1060. The van der Waals surface area contributed by atoms with Gasteiger partial charge in [-0.2, -0.15) is 10.5 Å². The van der Waals surface area contributed by atoms with Crippen molar-refractivity contribution in [3.8, 4) is 29.0 Å². The first-order valence-electron chi connectivity index (χ1n) is 8.30. The molecule has 0 spiro atoms. The zero-order valence-electron chi connectivity index (χ0n) is 14.9. The maximum atomic E-state index is 9.60. The number of anilines is 2. The molecule has 3 heterocycles. The molecule has 3 aromatic rings. The molecular formula is C20H16N6O. The molecule has 1 N–H and O–H groups in total. The summed E-state index contributed by atoms with van der Waals surface area (Å²) in [6.07, 6.45) is 1.53. The summed E-state index contributed by atoms with van der Waals surface area (Å²) in [5.74, 6) is 1.44. The van der Waals surface area contributed by atoms with E-state index in [-0.39, 0.29) is 11.4 Å². The number of pyridine rings is 3. The number of hydrogen-bond acceptors (Lipinski definition) is 7. The number of hydrogen-bond donors (Lipinski definition) is 1. The van der Waals surface area contributed by atoms with Crippen LogP contribution in [0.1, 0.15) is 24.0 Å². The lowest BCUT2D eigenvalue weighted by atomic mass is 10.0. The zero-order chi connectivity index (χ0) is 19.2. The molecule has 0 atom stereocenters. The molecule has 3 aromatic heterocycles. The van der Waals surface area contributed by atoms with Crippen LogP contribution < -0.4 is 10.1 Å². The summed E-state index contributed by atoms with van der Waals surface area (Å²) in [6, 6.07) is 14.8. The van der Waals surface area contributed by atoms with Crippen molar-refractivity contribution in [2.24, 2.45) is 0 Å². The van der Waals surface area contributed by atoms with E-state index < -0.39 is 0 Å². The Hall–Kier alpha value is -3.97. The van der Waals surface area contributed by atoms with E-state index in [9.17, 15) is 10.5 Å². The Balaban J connectivity index is 2.14. The molecule has 7 heteroatoms. The van der Waals surface area contributed by atoms with Crippen molar-refractivity contribution in [2.75, 3.05) is 11.9 Å². The second-order valence-corrected chi connectivity index (χ2v) is 5.58. The number of aromatic nitrogens is 3. The highest BCUT2D eigenvalue weighted by Crippen LogP contribution is 2.34. The molecule has 0 fully saturated rings. The first-order chi connectivity index (χ1) is 13.2. The van der Waals surface area contributed by atoms with Gasteiger partial charge in [-0.25, -0.2) is 15.0 Å². The number of ether oxygens (including phenoxy) is 1. The molecule has 0 radical (unpaired) electrons. The molecule has 0 aromatic carbocycles. The Labute approximate surface area is 156 Å². The van der Waals surface area contributed by atoms with E-state index in [4.69, 9.17) is 4.74 Å². The molecule has 0 amide bonds. The van der Waals surface area contributed by atoms with Crippen molar-refractivity contribution < 1.29 is 4.74 Å². The van der Waals surface area contributed by atoms with Crippen LogP contribution >= 0.6 is 0 Å². The summed E-state index contributed by atoms with van der Waals surface area (Å²) < 4.78 is 5.71. The summed E-state index contributed by atoms with van der Waals surface area (Å²) in [6.45, 7) is 4.16. The lowest BCUT2D eigenvalue weighted by molar-refractivity contribution is 0.341. The second-order valence-electron chi connectivity index (χ2n) is 5.58. The summed E-state index contributed by atoms with van der Waals surface area (Å²) >= 11 is 0. The van der Waals surface area contributed by atoms with E-state index in [0.29, 0.717) is 35.1 Å². The van der Waals surface area contributed by atoms with Crippen molar-refractivity contribution in [3.63, 3.8) is 0 Å². The molecule has 0 unspecified atom stereocenters. The Morgan fingerprint density at radius 1 is 1.04 bits per heavy atom. The number of rotatable bonds is 5. The quantitative estimate of drug-likeness (QED) is 0.742. The predicted molar refractivity (Wildman–Crippen MR) is 100 cm³/mol. The van der Waals surface area contributed by atoms with Gasteiger partial charge in [0.05, 0.1) is 6.61 Å². The zero-order valence-corrected chi connectivity index (χ0v) is 14.9. The van der Waals surface area contributed by atoms with Crippen LogP contribution in [0.4, 0.5) is 11.6 Å². The highest BCUT2D eigenvalue weighted by molar-refractivity contribution is 5.77. The van der Waals surface area contributed by atoms with Crippen molar-refractivity contribution >= 4 is 11.6 Å². The molecule has 132 valence electrons. The summed E-state index contributed by atoms with van der Waals surface area (Å²) in [5, 5.41) is 22.0. The molecule has 27 heavy (non-hydrogen) atoms. The van der Waals surface area contributed by atoms with Gasteiger partial charge in [-0.3, -0.25) is 0 Å². The lowest BCUT2D eigenvalue weighted by Gasteiger charge is -2.14. The van der Waals surface area contributed by atoms with E-state index in [1.165, 1.54) is 6.20 Å². The molecular weight excluding hydrogens is 340 g/mol. The van der Waals surface area contributed by atoms with E-state index >= 15 is 0 Å². The molecule has 0 aliphatic carbocycles. The third kappa shape index (κ3) is 3.83. The average molecular weight is 356 g/mol. The van der Waals surface area contributed by atoms with Gasteiger partial charge >= 0.3 is 0 Å². The molecule has 0 aliphatic rings. The van der Waals surface area contributed by atoms with E-state index in [1.54, 1.807) is 24.3 Å². The van der Waals surface area contributed by atoms with Crippen LogP contribution in [0.25, 0.3) is 11.1 Å². The fourth-order valence-electron chi connectivity index (χ4n) is 2.59. The fourth-order valence-corrected chi connectivity index (χ4v) is 2.59. The predicted octanol–water partition coefficient (Wildman–Crippen LogP) is 3.73. The van der Waals surface area contributed by atoms with Gasteiger partial charge in [0.2, 0.25) is 0 Å². The SMILES string of the molecule is CCOc1cc(-c2cccnc2C#N)c(C#N)nc1Nc1cccc(C)n1. The monoisotopic (exact) mass is 356 g/mol. The lowest BCUT2D eigenvalue weighted by Crippen LogP contribution is -2.05. The normalized spacial score (nSPS) is 9.93. The smallest absolute Gasteiger partial charge is 0.175 e. The van der Waals surface area contributed by atoms with Gasteiger partial charge in [0.15, 0.2) is 17.3 Å². The van der Waals surface area contributed by atoms with Crippen LogP contribution in [0.3, 0.4) is 0 Å². The van der Waals surface area contributed by atoms with Crippen LogP contribution in [0.15, 0.2) is 42.6 Å². The first kappa shape index (κ1) is 17.8. The average Bonchev–Trinajstić information content (AvgIpc) is 2.69. The number of nitriles is 2. The van der Waals surface area contributed by atoms with Gasteiger partial charge in [-0.05, 0) is 44.2 Å². The maximum absolute atomic E-state index is 9.60. The van der Waals surface area contributed by atoms with Gasteiger partial charge in [0.1, 0.15) is 23.7 Å². The van der Waals surface area contributed by atoms with Crippen LogP contribution in [0, 0.1) is 29.6 Å². The van der Waals surface area contributed by atoms with Gasteiger partial charge in [0.25, 0.3) is 0 Å². The number of aryl methyl sites for hydroxylation is 1. The largest absolute Gasteiger partial charge is 0.490 e. The Kier molecular flexibility index (Phi) is 5.25. The third-order valence-corrected chi connectivity index (χ3v) is 3.73. The van der Waals surface area contributed by atoms with Crippen molar-refractivity contribution in [1.82, 2.24) is 15.0 Å². The van der Waals surface area contributed by atoms with E-state index in [0.717, 1.165) is 5.69 Å². The molecule has 7 nitrogen and oxygen atoms in total. The molecule has 0 bridgehead atoms. The van der Waals surface area contributed by atoms with Gasteiger partial charge in [-0.1, -0.05) is 6.07 Å². The second kappa shape index (κ2) is 7.94. The summed E-state index contributed by atoms with van der Waals surface area (Å²) in [5.41, 5.74) is 2.26. The Morgan fingerprint density at radius 2 is 1.85 bits per heavy atom. The minimum atomic E-state index is 0.165.